The number of rotatable bonds is 0. The van der Waals surface area contributed by atoms with E-state index in [9.17, 15) is 0 Å². The molecule has 2 nitrogen and oxygen atoms in total. The molecule has 0 bridgehead atoms. The molecule has 0 saturated carbocycles. The minimum Gasteiger partial charge on any atom is -0.284 e. The summed E-state index contributed by atoms with van der Waals surface area (Å²) < 4.78 is 0. The molecule has 0 aromatic rings. The average Bonchev–Trinajstić information content (AvgIpc) is 1.75. The smallest absolute Gasteiger partial charge is 0.129 e. The van der Waals surface area contributed by atoms with Crippen molar-refractivity contribution in [3.8, 4) is 0 Å². The molecule has 0 aromatic carbocycles. The lowest BCUT2D eigenvalue weighted by Gasteiger charge is -1.28. The van der Waals surface area contributed by atoms with E-state index in [1.807, 2.05) is 0 Å². The zero-order chi connectivity index (χ0) is 2.99. The van der Waals surface area contributed by atoms with Crippen molar-refractivity contribution in [1.82, 2.24) is 10.9 Å². The fourth-order valence-electron chi connectivity index (χ4n) is 0.0442. The van der Waals surface area contributed by atoms with Gasteiger partial charge in [-0.1, -0.05) is 6.58 Å². The molecule has 1 fully saturated rings. The number of hydrogen-bond acceptors (Lipinski definition) is 2. The molecule has 2 N–H and O–H groups in total. The quantitative estimate of drug-likeness (QED) is 0.370. The summed E-state index contributed by atoms with van der Waals surface area (Å²) in [5.74, 6) is 0.917. The Morgan fingerprint density at radius 3 is 1.75 bits per heavy atom. The summed E-state index contributed by atoms with van der Waals surface area (Å²) in [6, 6.07) is 0. The van der Waals surface area contributed by atoms with Crippen LogP contribution in [0.2, 0.25) is 0 Å². The van der Waals surface area contributed by atoms with Crippen LogP contribution < -0.4 is 10.9 Å². The Labute approximate surface area is 24.5 Å². The minimum absolute atomic E-state index is 0.917. The predicted molar refractivity (Wildman–Crippen MR) is 15.4 cm³/mol. The Hall–Kier alpha value is -0.660. The van der Waals surface area contributed by atoms with Gasteiger partial charge in [0.15, 0.2) is 0 Å². The van der Waals surface area contributed by atoms with Gasteiger partial charge in [0.05, 0.1) is 0 Å². The Morgan fingerprint density at radius 2 is 1.75 bits per heavy atom. The Bertz CT molecular complexity index is 42.0. The Morgan fingerprint density at radius 1 is 1.50 bits per heavy atom. The van der Waals surface area contributed by atoms with Gasteiger partial charge in [0.2, 0.25) is 0 Å². The summed E-state index contributed by atoms with van der Waals surface area (Å²) in [7, 11) is 0. The molecule has 0 amide bonds. The van der Waals surface area contributed by atoms with Crippen molar-refractivity contribution in [2.24, 2.45) is 0 Å². The molecule has 0 radical (unpaired) electrons. The van der Waals surface area contributed by atoms with Gasteiger partial charge >= 0.3 is 0 Å². The first-order valence-electron chi connectivity index (χ1n) is 1.10. The fourth-order valence-corrected chi connectivity index (χ4v) is 0.0442. The summed E-state index contributed by atoms with van der Waals surface area (Å²) in [5, 5.41) is 0. The molecular formula is C2H4N2. The van der Waals surface area contributed by atoms with Crippen LogP contribution in [0.1, 0.15) is 0 Å². The van der Waals surface area contributed by atoms with Crippen molar-refractivity contribution in [2.45, 2.75) is 0 Å². The zero-order valence-electron chi connectivity index (χ0n) is 2.21. The molecule has 2 heteroatoms. The first-order valence-corrected chi connectivity index (χ1v) is 1.10. The highest BCUT2D eigenvalue weighted by Crippen LogP contribution is 1.79. The van der Waals surface area contributed by atoms with Crippen LogP contribution in [0.4, 0.5) is 0 Å². The van der Waals surface area contributed by atoms with Gasteiger partial charge in [-0.05, 0) is 0 Å². The second-order valence-corrected chi connectivity index (χ2v) is 0.729. The largest absolute Gasteiger partial charge is 0.284 e. The third kappa shape index (κ3) is 0.0283. The second kappa shape index (κ2) is 0.223. The highest BCUT2D eigenvalue weighted by Gasteiger charge is 1.97. The summed E-state index contributed by atoms with van der Waals surface area (Å²) in [6.45, 7) is 3.44. The van der Waals surface area contributed by atoms with E-state index in [0.717, 1.165) is 5.82 Å². The Balaban J connectivity index is 2.60. The van der Waals surface area contributed by atoms with E-state index < -0.39 is 0 Å². The first-order chi connectivity index (χ1) is 1.89. The normalized spacial score (nSPS) is 17.5. The molecule has 22 valence electrons. The first kappa shape index (κ1) is 1.64. The van der Waals surface area contributed by atoms with Crippen LogP contribution in [0.5, 0.6) is 0 Å². The summed E-state index contributed by atoms with van der Waals surface area (Å²) >= 11 is 0. The lowest BCUT2D eigenvalue weighted by molar-refractivity contribution is 1.17. The van der Waals surface area contributed by atoms with Gasteiger partial charge in [-0.25, -0.2) is 0 Å². The summed E-state index contributed by atoms with van der Waals surface area (Å²) in [5.41, 5.74) is 5.31. The SMILES string of the molecule is C=C1NN1. The van der Waals surface area contributed by atoms with E-state index in [4.69, 9.17) is 0 Å². The van der Waals surface area contributed by atoms with Gasteiger partial charge in [0.25, 0.3) is 0 Å². The van der Waals surface area contributed by atoms with Crippen molar-refractivity contribution in [1.29, 1.82) is 0 Å². The van der Waals surface area contributed by atoms with Crippen LogP contribution in [0.3, 0.4) is 0 Å². The van der Waals surface area contributed by atoms with Gasteiger partial charge in [-0.15, -0.1) is 0 Å². The third-order valence-corrected chi connectivity index (χ3v) is 0.302. The number of nitrogens with one attached hydrogen (secondary N) is 2. The second-order valence-electron chi connectivity index (χ2n) is 0.729. The highest BCUT2D eigenvalue weighted by molar-refractivity contribution is 4.97. The third-order valence-electron chi connectivity index (χ3n) is 0.302. The van der Waals surface area contributed by atoms with Gasteiger partial charge in [-0.2, -0.15) is 0 Å². The molecule has 0 aliphatic carbocycles. The lowest BCUT2D eigenvalue weighted by atomic mass is 11.0. The maximum absolute atomic E-state index is 3.44. The number of hydrazine groups is 1. The topological polar surface area (TPSA) is 43.9 Å². The zero-order valence-corrected chi connectivity index (χ0v) is 2.21. The molecule has 1 aliphatic heterocycles. The molecule has 1 aliphatic rings. The van der Waals surface area contributed by atoms with E-state index in [0.29, 0.717) is 0 Å². The molecule has 0 spiro atoms. The average molecular weight is 56.1 g/mol. The molecular weight excluding hydrogens is 52.0 g/mol. The van der Waals surface area contributed by atoms with Gasteiger partial charge in [0, 0.05) is 0 Å². The van der Waals surface area contributed by atoms with Crippen LogP contribution in [0, 0.1) is 0 Å². The maximum Gasteiger partial charge on any atom is 0.129 e. The molecule has 4 heavy (non-hydrogen) atoms. The highest BCUT2D eigenvalue weighted by atomic mass is 15.6. The minimum atomic E-state index is 0.917. The van der Waals surface area contributed by atoms with E-state index in [-0.39, 0.29) is 0 Å². The van der Waals surface area contributed by atoms with Crippen molar-refractivity contribution in [3.05, 3.63) is 12.4 Å². The van der Waals surface area contributed by atoms with E-state index in [1.165, 1.54) is 0 Å². The van der Waals surface area contributed by atoms with Gasteiger partial charge in [-0.3, -0.25) is 10.9 Å². The molecule has 1 rings (SSSR count). The summed E-state index contributed by atoms with van der Waals surface area (Å²) in [4.78, 5) is 0. The van der Waals surface area contributed by atoms with Crippen LogP contribution in [-0.4, -0.2) is 0 Å². The standard InChI is InChI=1S/C2H4N2/c1-2-3-4-2/h3-4H,1H2. The monoisotopic (exact) mass is 56.0 g/mol. The van der Waals surface area contributed by atoms with Crippen molar-refractivity contribution in [3.63, 3.8) is 0 Å². The molecule has 0 unspecified atom stereocenters. The van der Waals surface area contributed by atoms with Crippen molar-refractivity contribution >= 4 is 0 Å². The van der Waals surface area contributed by atoms with E-state index in [1.54, 1.807) is 0 Å². The van der Waals surface area contributed by atoms with E-state index in [2.05, 4.69) is 17.4 Å². The van der Waals surface area contributed by atoms with Crippen LogP contribution in [0.15, 0.2) is 12.4 Å². The van der Waals surface area contributed by atoms with Crippen LogP contribution >= 0.6 is 0 Å². The molecule has 1 saturated heterocycles. The predicted octanol–water partition coefficient (Wildman–Crippen LogP) is -0.435. The number of hydrogen-bond donors (Lipinski definition) is 2. The van der Waals surface area contributed by atoms with Crippen LogP contribution in [0.25, 0.3) is 0 Å². The summed E-state index contributed by atoms with van der Waals surface area (Å²) in [6.07, 6.45) is 0. The van der Waals surface area contributed by atoms with Crippen molar-refractivity contribution < 1.29 is 0 Å². The van der Waals surface area contributed by atoms with Gasteiger partial charge < -0.3 is 0 Å². The molecule has 0 aromatic heterocycles. The molecule has 1 heterocycles. The Kier molecular flexibility index (Phi) is 0.0914. The maximum atomic E-state index is 3.44. The van der Waals surface area contributed by atoms with E-state index >= 15 is 0 Å². The van der Waals surface area contributed by atoms with Crippen LogP contribution in [-0.2, 0) is 0 Å². The fraction of sp³-hybridized carbons (Fsp3) is 0. The van der Waals surface area contributed by atoms with Gasteiger partial charge in [0.1, 0.15) is 5.82 Å². The lowest BCUT2D eigenvalue weighted by Crippen LogP contribution is -1.71. The van der Waals surface area contributed by atoms with Crippen molar-refractivity contribution in [2.75, 3.05) is 0 Å². The molecule has 0 atom stereocenters.